The van der Waals surface area contributed by atoms with Gasteiger partial charge in [-0.1, -0.05) is 5.11 Å². The van der Waals surface area contributed by atoms with Gasteiger partial charge >= 0.3 is 0 Å². The van der Waals surface area contributed by atoms with Gasteiger partial charge < -0.3 is 20.1 Å². The highest BCUT2D eigenvalue weighted by atomic mass is 32.2. The average molecular weight is 235 g/mol. The molecule has 3 N–H and O–H groups in total. The lowest BCUT2D eigenvalue weighted by Crippen LogP contribution is -2.56. The fourth-order valence-electron chi connectivity index (χ4n) is 1.44. The van der Waals surface area contributed by atoms with Gasteiger partial charge in [0.25, 0.3) is 0 Å². The quantitative estimate of drug-likeness (QED) is 0.345. The van der Waals surface area contributed by atoms with Crippen LogP contribution in [0.5, 0.6) is 0 Å². The molecule has 0 amide bonds. The third-order valence-corrected chi connectivity index (χ3v) is 3.12. The van der Waals surface area contributed by atoms with Gasteiger partial charge in [-0.3, -0.25) is 0 Å². The van der Waals surface area contributed by atoms with E-state index >= 15 is 0 Å². The summed E-state index contributed by atoms with van der Waals surface area (Å²) in [5, 5.41) is 31.5. The number of azide groups is 1. The fraction of sp³-hybridized carbons (Fsp3) is 1.00. The minimum atomic E-state index is -1.24. The van der Waals surface area contributed by atoms with Crippen LogP contribution in [0.4, 0.5) is 0 Å². The third-order valence-electron chi connectivity index (χ3n) is 2.27. The van der Waals surface area contributed by atoms with Crippen LogP contribution in [-0.2, 0) is 4.74 Å². The van der Waals surface area contributed by atoms with Crippen molar-refractivity contribution in [3.05, 3.63) is 10.4 Å². The lowest BCUT2D eigenvalue weighted by molar-refractivity contribution is -0.165. The standard InChI is InChI=1S/C7H13N3O4S/c1-15-7-4(9-10-8)6(13)5(12)3(2-11)14-7/h3-7,11-13H,2H2,1H3. The molecule has 1 heterocycles. The number of hydrogen-bond donors (Lipinski definition) is 3. The van der Waals surface area contributed by atoms with Gasteiger partial charge in [0.1, 0.15) is 23.7 Å². The van der Waals surface area contributed by atoms with Crippen LogP contribution in [0.15, 0.2) is 5.11 Å². The van der Waals surface area contributed by atoms with Crippen LogP contribution >= 0.6 is 11.8 Å². The molecule has 0 bridgehead atoms. The topological polar surface area (TPSA) is 119 Å². The summed E-state index contributed by atoms with van der Waals surface area (Å²) in [7, 11) is 0. The summed E-state index contributed by atoms with van der Waals surface area (Å²) in [6.45, 7) is -0.391. The van der Waals surface area contributed by atoms with Gasteiger partial charge in [-0.05, 0) is 11.8 Å². The molecule has 1 saturated heterocycles. The van der Waals surface area contributed by atoms with Crippen LogP contribution in [-0.4, -0.2) is 58.0 Å². The first kappa shape index (κ1) is 12.6. The Balaban J connectivity index is 2.83. The Hall–Kier alpha value is -0.500. The minimum absolute atomic E-state index is 0.391. The molecule has 8 heteroatoms. The normalized spacial score (nSPS) is 40.9. The molecule has 0 aromatic carbocycles. The Morgan fingerprint density at radius 3 is 2.60 bits per heavy atom. The van der Waals surface area contributed by atoms with E-state index in [9.17, 15) is 10.2 Å². The molecule has 0 aromatic rings. The molecule has 0 spiro atoms. The van der Waals surface area contributed by atoms with Crippen LogP contribution in [0.3, 0.4) is 0 Å². The van der Waals surface area contributed by atoms with E-state index in [4.69, 9.17) is 15.4 Å². The zero-order chi connectivity index (χ0) is 11.4. The Morgan fingerprint density at radius 1 is 1.47 bits per heavy atom. The Kier molecular flexibility index (Phi) is 4.65. The van der Waals surface area contributed by atoms with Crippen LogP contribution in [0.2, 0.25) is 0 Å². The van der Waals surface area contributed by atoms with Crippen molar-refractivity contribution >= 4 is 11.8 Å². The second kappa shape index (κ2) is 5.55. The van der Waals surface area contributed by atoms with Gasteiger partial charge in [0, 0.05) is 4.91 Å². The number of rotatable bonds is 3. The second-order valence-electron chi connectivity index (χ2n) is 3.14. The van der Waals surface area contributed by atoms with Crippen molar-refractivity contribution in [2.24, 2.45) is 5.11 Å². The molecular weight excluding hydrogens is 222 g/mol. The van der Waals surface area contributed by atoms with Gasteiger partial charge in [0.2, 0.25) is 0 Å². The van der Waals surface area contributed by atoms with E-state index < -0.39 is 36.4 Å². The maximum atomic E-state index is 9.65. The molecule has 0 radical (unpaired) electrons. The zero-order valence-corrected chi connectivity index (χ0v) is 8.91. The summed E-state index contributed by atoms with van der Waals surface area (Å²) < 4.78 is 5.27. The van der Waals surface area contributed by atoms with Gasteiger partial charge in [-0.2, -0.15) is 0 Å². The van der Waals surface area contributed by atoms with Crippen LogP contribution < -0.4 is 0 Å². The first-order chi connectivity index (χ1) is 7.15. The van der Waals surface area contributed by atoms with Crippen molar-refractivity contribution in [2.45, 2.75) is 29.8 Å². The number of nitrogens with zero attached hydrogens (tertiary/aromatic N) is 3. The largest absolute Gasteiger partial charge is 0.394 e. The maximum absolute atomic E-state index is 9.65. The zero-order valence-electron chi connectivity index (χ0n) is 8.09. The van der Waals surface area contributed by atoms with Crippen molar-refractivity contribution < 1.29 is 20.1 Å². The molecule has 0 aliphatic carbocycles. The molecule has 1 fully saturated rings. The highest BCUT2D eigenvalue weighted by Crippen LogP contribution is 2.29. The number of hydrogen-bond acceptors (Lipinski definition) is 6. The summed E-state index contributed by atoms with van der Waals surface area (Å²) in [6, 6.07) is -0.845. The maximum Gasteiger partial charge on any atom is 0.114 e. The van der Waals surface area contributed by atoms with Gasteiger partial charge in [0.05, 0.1) is 12.7 Å². The first-order valence-corrected chi connectivity index (χ1v) is 5.64. The van der Waals surface area contributed by atoms with E-state index in [0.29, 0.717) is 0 Å². The summed E-state index contributed by atoms with van der Waals surface area (Å²) >= 11 is 1.25. The Morgan fingerprint density at radius 2 is 2.13 bits per heavy atom. The van der Waals surface area contributed by atoms with E-state index in [1.807, 2.05) is 0 Å². The van der Waals surface area contributed by atoms with E-state index in [1.54, 1.807) is 6.26 Å². The first-order valence-electron chi connectivity index (χ1n) is 4.35. The van der Waals surface area contributed by atoms with E-state index in [1.165, 1.54) is 11.8 Å². The molecule has 15 heavy (non-hydrogen) atoms. The molecule has 1 rings (SSSR count). The SMILES string of the molecule is CSC1OC(CO)C(O)C(O)C1N=[N+]=[N-]. The summed E-state index contributed by atoms with van der Waals surface area (Å²) in [5.41, 5.74) is 7.75. The highest BCUT2D eigenvalue weighted by molar-refractivity contribution is 7.99. The molecule has 5 atom stereocenters. The minimum Gasteiger partial charge on any atom is -0.394 e. The van der Waals surface area contributed by atoms with Crippen molar-refractivity contribution in [2.75, 3.05) is 12.9 Å². The van der Waals surface area contributed by atoms with Crippen LogP contribution in [0.25, 0.3) is 10.4 Å². The number of thioether (sulfide) groups is 1. The fourth-order valence-corrected chi connectivity index (χ4v) is 2.19. The van der Waals surface area contributed by atoms with Gasteiger partial charge in [-0.15, -0.1) is 11.8 Å². The second-order valence-corrected chi connectivity index (χ2v) is 4.07. The Labute approximate surface area is 90.7 Å². The number of aliphatic hydroxyl groups excluding tert-OH is 3. The van der Waals surface area contributed by atoms with Crippen molar-refractivity contribution in [3.63, 3.8) is 0 Å². The average Bonchev–Trinajstić information content (AvgIpc) is 2.25. The Bertz CT molecular complexity index is 259. The summed E-state index contributed by atoms with van der Waals surface area (Å²) in [4.78, 5) is 2.59. The molecular formula is C7H13N3O4S. The lowest BCUT2D eigenvalue weighted by Gasteiger charge is -2.39. The molecule has 86 valence electrons. The molecule has 1 aliphatic rings. The summed E-state index contributed by atoms with van der Waals surface area (Å²) in [6.07, 6.45) is -1.58. The van der Waals surface area contributed by atoms with E-state index in [2.05, 4.69) is 10.0 Å². The summed E-state index contributed by atoms with van der Waals surface area (Å²) in [5.74, 6) is 0. The van der Waals surface area contributed by atoms with Crippen LogP contribution in [0, 0.1) is 0 Å². The number of ether oxygens (including phenoxy) is 1. The monoisotopic (exact) mass is 235 g/mol. The smallest absolute Gasteiger partial charge is 0.114 e. The molecule has 5 unspecified atom stereocenters. The molecule has 7 nitrogen and oxygen atoms in total. The van der Waals surface area contributed by atoms with Crippen molar-refractivity contribution in [1.29, 1.82) is 0 Å². The molecule has 1 aliphatic heterocycles. The predicted molar refractivity (Wildman–Crippen MR) is 54.2 cm³/mol. The third kappa shape index (κ3) is 2.54. The van der Waals surface area contributed by atoms with Crippen LogP contribution in [0.1, 0.15) is 0 Å². The molecule has 0 aromatic heterocycles. The number of aliphatic hydroxyl groups is 3. The van der Waals surface area contributed by atoms with Crippen molar-refractivity contribution in [1.82, 2.24) is 0 Å². The van der Waals surface area contributed by atoms with Gasteiger partial charge in [-0.25, -0.2) is 0 Å². The van der Waals surface area contributed by atoms with E-state index in [0.717, 1.165) is 0 Å². The molecule has 0 saturated carbocycles. The highest BCUT2D eigenvalue weighted by Gasteiger charge is 2.43. The predicted octanol–water partition coefficient (Wildman–Crippen LogP) is -0.533. The lowest BCUT2D eigenvalue weighted by atomic mass is 9.99. The van der Waals surface area contributed by atoms with Gasteiger partial charge in [0.15, 0.2) is 0 Å². The van der Waals surface area contributed by atoms with E-state index in [-0.39, 0.29) is 0 Å². The van der Waals surface area contributed by atoms with Crippen molar-refractivity contribution in [3.8, 4) is 0 Å².